The normalized spacial score (nSPS) is 15.1. The molecule has 0 radical (unpaired) electrons. The van der Waals surface area contributed by atoms with Crippen molar-refractivity contribution in [3.63, 3.8) is 0 Å². The van der Waals surface area contributed by atoms with Gasteiger partial charge in [0.1, 0.15) is 0 Å². The number of carbonyl (C=O) groups excluding carboxylic acids is 1. The zero-order valence-electron chi connectivity index (χ0n) is 18.0. The number of piperidine rings is 1. The van der Waals surface area contributed by atoms with E-state index in [0.29, 0.717) is 18.2 Å². The lowest BCUT2D eigenvalue weighted by Gasteiger charge is -2.32. The van der Waals surface area contributed by atoms with Crippen LogP contribution in [0.4, 0.5) is 0 Å². The lowest BCUT2D eigenvalue weighted by molar-refractivity contribution is 0.0932. The van der Waals surface area contributed by atoms with Gasteiger partial charge in [0, 0.05) is 36.4 Å². The van der Waals surface area contributed by atoms with Crippen molar-refractivity contribution < 1.29 is 4.79 Å². The number of amides is 1. The maximum Gasteiger partial charge on any atom is 0.272 e. The van der Waals surface area contributed by atoms with Gasteiger partial charge in [0.2, 0.25) is 0 Å². The van der Waals surface area contributed by atoms with Gasteiger partial charge in [0.25, 0.3) is 5.91 Å². The van der Waals surface area contributed by atoms with Crippen LogP contribution in [0.1, 0.15) is 28.9 Å². The van der Waals surface area contributed by atoms with Crippen LogP contribution in [-0.4, -0.2) is 45.6 Å². The summed E-state index contributed by atoms with van der Waals surface area (Å²) < 4.78 is 0. The van der Waals surface area contributed by atoms with E-state index in [1.165, 1.54) is 5.56 Å². The number of aromatic nitrogens is 3. The Morgan fingerprint density at radius 2 is 1.88 bits per heavy atom. The molecule has 2 aromatic carbocycles. The largest absolute Gasteiger partial charge is 0.350 e. The van der Waals surface area contributed by atoms with Crippen LogP contribution in [-0.2, 0) is 6.54 Å². The van der Waals surface area contributed by atoms with Crippen LogP contribution in [0, 0.1) is 5.92 Å². The Balaban J connectivity index is 1.19. The smallest absolute Gasteiger partial charge is 0.272 e. The molecule has 0 bridgehead atoms. The second-order valence-electron chi connectivity index (χ2n) is 8.49. The molecule has 5 rings (SSSR count). The van der Waals surface area contributed by atoms with Crippen molar-refractivity contribution in [1.29, 1.82) is 0 Å². The van der Waals surface area contributed by atoms with Gasteiger partial charge in [0.15, 0.2) is 5.69 Å². The Bertz CT molecular complexity index is 1180. The van der Waals surface area contributed by atoms with Gasteiger partial charge in [-0.3, -0.25) is 19.8 Å². The molecule has 2 aromatic heterocycles. The minimum absolute atomic E-state index is 0.119. The Hall–Kier alpha value is -3.51. The van der Waals surface area contributed by atoms with Crippen molar-refractivity contribution in [1.82, 2.24) is 25.4 Å². The topological polar surface area (TPSA) is 73.9 Å². The number of H-pyrrole nitrogens is 1. The predicted octanol–water partition coefficient (Wildman–Crippen LogP) is 4.27. The van der Waals surface area contributed by atoms with Crippen LogP contribution >= 0.6 is 0 Å². The number of nitrogens with zero attached hydrogens (tertiary/aromatic N) is 3. The quantitative estimate of drug-likeness (QED) is 0.484. The second kappa shape index (κ2) is 9.32. The van der Waals surface area contributed by atoms with E-state index >= 15 is 0 Å². The molecule has 0 saturated carbocycles. The number of nitrogens with one attached hydrogen (secondary N) is 2. The third kappa shape index (κ3) is 4.55. The second-order valence-corrected chi connectivity index (χ2v) is 8.49. The fourth-order valence-corrected chi connectivity index (χ4v) is 4.41. The van der Waals surface area contributed by atoms with Gasteiger partial charge in [0.05, 0.1) is 5.52 Å². The number of hydrogen-bond acceptors (Lipinski definition) is 4. The molecular formula is C26H27N5O. The highest BCUT2D eigenvalue weighted by Gasteiger charge is 2.21. The number of rotatable bonds is 6. The van der Waals surface area contributed by atoms with Crippen LogP contribution in [0.5, 0.6) is 0 Å². The third-order valence-corrected chi connectivity index (χ3v) is 6.28. The maximum absolute atomic E-state index is 12.9. The van der Waals surface area contributed by atoms with Crippen molar-refractivity contribution in [2.75, 3.05) is 19.6 Å². The summed E-state index contributed by atoms with van der Waals surface area (Å²) in [5, 5.41) is 11.2. The molecule has 0 atom stereocenters. The molecule has 32 heavy (non-hydrogen) atoms. The SMILES string of the molecule is O=C(NCC1CCN(Cc2ccccc2)CC1)c1n[nH]c2ccc(-c3cccnc3)cc12. The van der Waals surface area contributed by atoms with Crippen molar-refractivity contribution in [3.8, 4) is 11.1 Å². The van der Waals surface area contributed by atoms with Crippen LogP contribution in [0.25, 0.3) is 22.0 Å². The lowest BCUT2D eigenvalue weighted by Crippen LogP contribution is -2.38. The molecule has 1 saturated heterocycles. The zero-order valence-corrected chi connectivity index (χ0v) is 18.0. The first-order valence-corrected chi connectivity index (χ1v) is 11.2. The number of benzene rings is 2. The Kier molecular flexibility index (Phi) is 5.94. The van der Waals surface area contributed by atoms with E-state index in [-0.39, 0.29) is 5.91 Å². The number of likely N-dealkylation sites (tertiary alicyclic amines) is 1. The monoisotopic (exact) mass is 425 g/mol. The molecule has 6 nitrogen and oxygen atoms in total. The minimum Gasteiger partial charge on any atom is -0.350 e. The van der Waals surface area contributed by atoms with Crippen molar-refractivity contribution in [2.24, 2.45) is 5.92 Å². The third-order valence-electron chi connectivity index (χ3n) is 6.28. The van der Waals surface area contributed by atoms with E-state index in [0.717, 1.165) is 54.5 Å². The number of fused-ring (bicyclic) bond motifs is 1. The summed E-state index contributed by atoms with van der Waals surface area (Å²) in [5.74, 6) is 0.383. The molecule has 1 fully saturated rings. The van der Waals surface area contributed by atoms with Gasteiger partial charge in [-0.15, -0.1) is 0 Å². The van der Waals surface area contributed by atoms with Gasteiger partial charge in [-0.2, -0.15) is 5.10 Å². The van der Waals surface area contributed by atoms with Crippen molar-refractivity contribution in [2.45, 2.75) is 19.4 Å². The molecule has 4 aromatic rings. The molecule has 162 valence electrons. The summed E-state index contributed by atoms with van der Waals surface area (Å²) in [6, 6.07) is 20.5. The zero-order chi connectivity index (χ0) is 21.8. The van der Waals surface area contributed by atoms with E-state index in [2.05, 4.69) is 55.7 Å². The summed E-state index contributed by atoms with van der Waals surface area (Å²) in [6.45, 7) is 3.82. The first-order valence-electron chi connectivity index (χ1n) is 11.2. The average molecular weight is 426 g/mol. The van der Waals surface area contributed by atoms with E-state index in [1.807, 2.05) is 36.5 Å². The predicted molar refractivity (Wildman–Crippen MR) is 126 cm³/mol. The Labute approximate surface area is 187 Å². The fourth-order valence-electron chi connectivity index (χ4n) is 4.41. The molecule has 6 heteroatoms. The van der Waals surface area contributed by atoms with E-state index in [1.54, 1.807) is 6.20 Å². The Morgan fingerprint density at radius 1 is 1.03 bits per heavy atom. The van der Waals surface area contributed by atoms with Gasteiger partial charge in [-0.25, -0.2) is 0 Å². The van der Waals surface area contributed by atoms with E-state index in [9.17, 15) is 4.79 Å². The molecule has 2 N–H and O–H groups in total. The van der Waals surface area contributed by atoms with Crippen LogP contribution < -0.4 is 5.32 Å². The summed E-state index contributed by atoms with van der Waals surface area (Å²) in [6.07, 6.45) is 5.77. The highest BCUT2D eigenvalue weighted by Crippen LogP contribution is 2.25. The standard InChI is InChI=1S/C26H27N5O/c32-26(28-16-19-10-13-31(14-11-19)18-20-5-2-1-3-6-20)25-23-15-21(8-9-24(23)29-30-25)22-7-4-12-27-17-22/h1-9,12,15,17,19H,10-11,13-14,16,18H2,(H,28,32)(H,29,30). The highest BCUT2D eigenvalue weighted by atomic mass is 16.1. The molecule has 1 aliphatic rings. The first-order chi connectivity index (χ1) is 15.8. The maximum atomic E-state index is 12.9. The van der Waals surface area contributed by atoms with E-state index < -0.39 is 0 Å². The van der Waals surface area contributed by atoms with Gasteiger partial charge in [-0.05, 0) is 61.2 Å². The molecule has 0 unspecified atom stereocenters. The number of pyridine rings is 1. The lowest BCUT2D eigenvalue weighted by atomic mass is 9.96. The molecule has 0 spiro atoms. The summed E-state index contributed by atoms with van der Waals surface area (Å²) in [7, 11) is 0. The van der Waals surface area contributed by atoms with Crippen LogP contribution in [0.3, 0.4) is 0 Å². The number of aromatic amines is 1. The number of hydrogen-bond donors (Lipinski definition) is 2. The van der Waals surface area contributed by atoms with Crippen molar-refractivity contribution in [3.05, 3.63) is 84.3 Å². The van der Waals surface area contributed by atoms with Crippen molar-refractivity contribution >= 4 is 16.8 Å². The molecular weight excluding hydrogens is 398 g/mol. The Morgan fingerprint density at radius 3 is 2.66 bits per heavy atom. The summed E-state index contributed by atoms with van der Waals surface area (Å²) in [5.41, 5.74) is 4.70. The van der Waals surface area contributed by atoms with Gasteiger partial charge >= 0.3 is 0 Å². The fraction of sp³-hybridized carbons (Fsp3) is 0.269. The molecule has 3 heterocycles. The van der Waals surface area contributed by atoms with E-state index in [4.69, 9.17) is 0 Å². The summed E-state index contributed by atoms with van der Waals surface area (Å²) in [4.78, 5) is 19.6. The highest BCUT2D eigenvalue weighted by molar-refractivity contribution is 6.05. The summed E-state index contributed by atoms with van der Waals surface area (Å²) >= 11 is 0. The molecule has 0 aliphatic carbocycles. The molecule has 1 amide bonds. The van der Waals surface area contributed by atoms with Gasteiger partial charge < -0.3 is 5.32 Å². The number of carbonyl (C=O) groups is 1. The molecule has 1 aliphatic heterocycles. The minimum atomic E-state index is -0.119. The average Bonchev–Trinajstić information content (AvgIpc) is 3.28. The van der Waals surface area contributed by atoms with Crippen LogP contribution in [0.2, 0.25) is 0 Å². The van der Waals surface area contributed by atoms with Crippen LogP contribution in [0.15, 0.2) is 73.1 Å². The van der Waals surface area contributed by atoms with Gasteiger partial charge in [-0.1, -0.05) is 42.5 Å². The first kappa shape index (κ1) is 20.4.